The van der Waals surface area contributed by atoms with Gasteiger partial charge >= 0.3 is 0 Å². The third kappa shape index (κ3) is 7.73. The van der Waals surface area contributed by atoms with Crippen molar-refractivity contribution >= 4 is 11.9 Å². The van der Waals surface area contributed by atoms with Gasteiger partial charge in [-0.1, -0.05) is 24.3 Å². The molecule has 0 heterocycles. The largest absolute Gasteiger partial charge is 0.497 e. The highest BCUT2D eigenvalue weighted by Gasteiger charge is 2.06. The molecule has 2 aromatic rings. The molecule has 2 aromatic carbocycles. The van der Waals surface area contributed by atoms with Crippen molar-refractivity contribution in [3.63, 3.8) is 0 Å². The fourth-order valence-electron chi connectivity index (χ4n) is 2.54. The van der Waals surface area contributed by atoms with E-state index in [1.165, 1.54) is 10.5 Å². The summed E-state index contributed by atoms with van der Waals surface area (Å²) in [5, 5.41) is 6.60. The number of amides is 1. The number of rotatable bonds is 9. The lowest BCUT2D eigenvalue weighted by Gasteiger charge is -2.14. The highest BCUT2D eigenvalue weighted by Crippen LogP contribution is 2.13. The van der Waals surface area contributed by atoms with E-state index in [1.54, 1.807) is 28.3 Å². The van der Waals surface area contributed by atoms with Crippen LogP contribution in [0.15, 0.2) is 53.5 Å². The Bertz CT molecular complexity index is 804. The molecule has 0 aliphatic rings. The van der Waals surface area contributed by atoms with E-state index in [0.29, 0.717) is 12.3 Å². The summed E-state index contributed by atoms with van der Waals surface area (Å²) in [4.78, 5) is 17.4. The molecule has 0 aliphatic heterocycles. The van der Waals surface area contributed by atoms with E-state index in [1.807, 2.05) is 36.4 Å². The summed E-state index contributed by atoms with van der Waals surface area (Å²) in [6, 6.07) is 15.7. The van der Waals surface area contributed by atoms with Crippen LogP contribution in [0.2, 0.25) is 0 Å². The van der Waals surface area contributed by atoms with Crippen molar-refractivity contribution in [3.8, 4) is 11.5 Å². The van der Waals surface area contributed by atoms with Gasteiger partial charge in [-0.15, -0.1) is 0 Å². The van der Waals surface area contributed by atoms with E-state index >= 15 is 0 Å². The second kappa shape index (κ2) is 11.6. The van der Waals surface area contributed by atoms with E-state index < -0.39 is 0 Å². The van der Waals surface area contributed by atoms with Crippen LogP contribution in [0.3, 0.4) is 0 Å². The molecule has 29 heavy (non-hydrogen) atoms. The lowest BCUT2D eigenvalue weighted by atomic mass is 10.1. The highest BCUT2D eigenvalue weighted by atomic mass is 16.5. The second-order valence-corrected chi connectivity index (χ2v) is 6.67. The first-order valence-corrected chi connectivity index (χ1v) is 9.51. The average molecular weight is 399 g/mol. The fourth-order valence-corrected chi connectivity index (χ4v) is 2.54. The maximum atomic E-state index is 11.6. The topological polar surface area (TPSA) is 75.2 Å². The summed E-state index contributed by atoms with van der Waals surface area (Å²) in [5.41, 5.74) is 2.27. The first-order chi connectivity index (χ1) is 14.0. The third-order valence-electron chi connectivity index (χ3n) is 4.31. The van der Waals surface area contributed by atoms with E-state index in [-0.39, 0.29) is 12.5 Å². The Hall–Kier alpha value is -3.22. The van der Waals surface area contributed by atoms with Gasteiger partial charge in [-0.2, -0.15) is 0 Å². The second-order valence-electron chi connectivity index (χ2n) is 6.67. The van der Waals surface area contributed by atoms with Gasteiger partial charge in [0.15, 0.2) is 12.6 Å². The molecule has 0 unspecified atom stereocenters. The minimum atomic E-state index is -0.0741. The molecular weight excluding hydrogens is 368 g/mol. The molecule has 0 spiro atoms. The predicted molar refractivity (Wildman–Crippen MR) is 116 cm³/mol. The molecule has 0 aliphatic carbocycles. The standard InChI is InChI=1S/C22H30N4O3/c1-23-22(24-13-12-17-8-10-19(28-4)11-9-17)25-15-18-6-5-7-20(14-18)29-16-21(27)26(2)3/h5-11,14H,12-13,15-16H2,1-4H3,(H2,23,24,25). The van der Waals surface area contributed by atoms with E-state index in [0.717, 1.165) is 30.2 Å². The Balaban J connectivity index is 1.78. The summed E-state index contributed by atoms with van der Waals surface area (Å²) in [6.07, 6.45) is 0.883. The number of benzene rings is 2. The SMILES string of the molecule is CN=C(NCCc1ccc(OC)cc1)NCc1cccc(OCC(=O)N(C)C)c1. The third-order valence-corrected chi connectivity index (χ3v) is 4.31. The molecular formula is C22H30N4O3. The normalized spacial score (nSPS) is 11.0. The van der Waals surface area contributed by atoms with Crippen molar-refractivity contribution in [3.05, 3.63) is 59.7 Å². The molecule has 0 bridgehead atoms. The molecule has 0 aromatic heterocycles. The molecule has 0 saturated heterocycles. The number of ether oxygens (including phenoxy) is 2. The number of methoxy groups -OCH3 is 1. The van der Waals surface area contributed by atoms with Crippen LogP contribution >= 0.6 is 0 Å². The lowest BCUT2D eigenvalue weighted by Crippen LogP contribution is -2.37. The van der Waals surface area contributed by atoms with Crippen molar-refractivity contribution in [2.75, 3.05) is 41.4 Å². The van der Waals surface area contributed by atoms with Gasteiger partial charge in [0, 0.05) is 34.2 Å². The fraction of sp³-hybridized carbons (Fsp3) is 0.364. The average Bonchev–Trinajstić information content (AvgIpc) is 2.75. The zero-order chi connectivity index (χ0) is 21.1. The molecule has 2 N–H and O–H groups in total. The zero-order valence-corrected chi connectivity index (χ0v) is 17.6. The van der Waals surface area contributed by atoms with E-state index in [4.69, 9.17) is 9.47 Å². The maximum Gasteiger partial charge on any atom is 0.259 e. The number of nitrogens with zero attached hydrogens (tertiary/aromatic N) is 2. The van der Waals surface area contributed by atoms with Crippen LogP contribution in [0.1, 0.15) is 11.1 Å². The number of carbonyl (C=O) groups is 1. The minimum Gasteiger partial charge on any atom is -0.497 e. The van der Waals surface area contributed by atoms with Gasteiger partial charge in [0.05, 0.1) is 7.11 Å². The molecule has 2 rings (SSSR count). The van der Waals surface area contributed by atoms with Gasteiger partial charge in [0.1, 0.15) is 11.5 Å². The van der Waals surface area contributed by atoms with Crippen molar-refractivity contribution in [1.82, 2.24) is 15.5 Å². The Morgan fingerprint density at radius 2 is 1.79 bits per heavy atom. The van der Waals surface area contributed by atoms with Gasteiger partial charge in [0.2, 0.25) is 0 Å². The highest BCUT2D eigenvalue weighted by molar-refractivity contribution is 5.79. The number of likely N-dealkylation sites (N-methyl/N-ethyl adjacent to an activating group) is 1. The van der Waals surface area contributed by atoms with Crippen LogP contribution in [0, 0.1) is 0 Å². The van der Waals surface area contributed by atoms with Crippen molar-refractivity contribution < 1.29 is 14.3 Å². The Morgan fingerprint density at radius 1 is 1.03 bits per heavy atom. The monoisotopic (exact) mass is 398 g/mol. The van der Waals surface area contributed by atoms with Crippen LogP contribution in [0.25, 0.3) is 0 Å². The number of hydrogen-bond donors (Lipinski definition) is 2. The van der Waals surface area contributed by atoms with Crippen LogP contribution in [-0.2, 0) is 17.8 Å². The maximum absolute atomic E-state index is 11.6. The summed E-state index contributed by atoms with van der Waals surface area (Å²) in [6.45, 7) is 1.39. The zero-order valence-electron chi connectivity index (χ0n) is 17.6. The molecule has 0 fully saturated rings. The quantitative estimate of drug-likeness (QED) is 0.500. The van der Waals surface area contributed by atoms with Crippen molar-refractivity contribution in [2.45, 2.75) is 13.0 Å². The van der Waals surface area contributed by atoms with Gasteiger partial charge in [-0.3, -0.25) is 9.79 Å². The Morgan fingerprint density at radius 3 is 2.45 bits per heavy atom. The van der Waals surface area contributed by atoms with Gasteiger partial charge in [-0.05, 0) is 41.8 Å². The number of hydrogen-bond acceptors (Lipinski definition) is 4. The van der Waals surface area contributed by atoms with E-state index in [9.17, 15) is 4.79 Å². The molecule has 7 heteroatoms. The lowest BCUT2D eigenvalue weighted by molar-refractivity contribution is -0.130. The van der Waals surface area contributed by atoms with Crippen molar-refractivity contribution in [2.24, 2.45) is 4.99 Å². The Kier molecular flexibility index (Phi) is 8.82. The number of carbonyl (C=O) groups excluding carboxylic acids is 1. The molecule has 0 radical (unpaired) electrons. The molecule has 0 atom stereocenters. The summed E-state index contributed by atoms with van der Waals surface area (Å²) >= 11 is 0. The van der Waals surface area contributed by atoms with Crippen LogP contribution in [0.5, 0.6) is 11.5 Å². The molecule has 7 nitrogen and oxygen atoms in total. The van der Waals surface area contributed by atoms with Crippen molar-refractivity contribution in [1.29, 1.82) is 0 Å². The number of nitrogens with one attached hydrogen (secondary N) is 2. The summed E-state index contributed by atoms with van der Waals surface area (Å²) < 4.78 is 10.7. The summed E-state index contributed by atoms with van der Waals surface area (Å²) in [5.74, 6) is 2.18. The van der Waals surface area contributed by atoms with Gasteiger partial charge < -0.3 is 25.0 Å². The number of guanidine groups is 1. The van der Waals surface area contributed by atoms with Crippen LogP contribution in [-0.4, -0.2) is 58.2 Å². The van der Waals surface area contributed by atoms with Gasteiger partial charge in [0.25, 0.3) is 5.91 Å². The van der Waals surface area contributed by atoms with Crippen LogP contribution in [0.4, 0.5) is 0 Å². The predicted octanol–water partition coefficient (Wildman–Crippen LogP) is 2.07. The minimum absolute atomic E-state index is 0.0263. The molecule has 156 valence electrons. The number of aliphatic imine (C=N–C) groups is 1. The first-order valence-electron chi connectivity index (χ1n) is 9.51. The smallest absolute Gasteiger partial charge is 0.259 e. The molecule has 0 saturated carbocycles. The Labute approximate surface area is 172 Å². The molecule has 1 amide bonds. The van der Waals surface area contributed by atoms with E-state index in [2.05, 4.69) is 27.8 Å². The van der Waals surface area contributed by atoms with Gasteiger partial charge in [-0.25, -0.2) is 0 Å². The van der Waals surface area contributed by atoms with Crippen LogP contribution < -0.4 is 20.1 Å². The summed E-state index contributed by atoms with van der Waals surface area (Å²) in [7, 11) is 6.82. The first kappa shape index (κ1) is 22.1.